The Balaban J connectivity index is 1.92. The Kier molecular flexibility index (Phi) is 3.73. The maximum atomic E-state index is 12.2. The second-order valence-corrected chi connectivity index (χ2v) is 5.76. The van der Waals surface area contributed by atoms with Crippen molar-refractivity contribution in [1.82, 2.24) is 5.32 Å². The molecule has 1 amide bonds. The van der Waals surface area contributed by atoms with Crippen LogP contribution in [-0.4, -0.2) is 30.7 Å². The van der Waals surface area contributed by atoms with Gasteiger partial charge in [0, 0.05) is 19.3 Å². The number of hydrogen-bond donors (Lipinski definition) is 2. The van der Waals surface area contributed by atoms with Crippen molar-refractivity contribution in [3.8, 4) is 0 Å². The highest BCUT2D eigenvalue weighted by Gasteiger charge is 2.39. The van der Waals surface area contributed by atoms with E-state index in [4.69, 9.17) is 10.5 Å². The number of carbonyl (C=O) groups is 1. The van der Waals surface area contributed by atoms with Gasteiger partial charge in [0.25, 0.3) is 0 Å². The van der Waals surface area contributed by atoms with Gasteiger partial charge in [-0.3, -0.25) is 4.79 Å². The molecule has 0 aromatic heterocycles. The average Bonchev–Trinajstić information content (AvgIpc) is 2.62. The first kappa shape index (κ1) is 12.8. The van der Waals surface area contributed by atoms with E-state index < -0.39 is 5.54 Å². The van der Waals surface area contributed by atoms with Crippen LogP contribution in [0.1, 0.15) is 39.5 Å². The fraction of sp³-hybridized carbons (Fsp3) is 0.923. The number of ether oxygens (including phenoxy) is 1. The maximum absolute atomic E-state index is 12.2. The van der Waals surface area contributed by atoms with E-state index in [0.29, 0.717) is 43.9 Å². The highest BCUT2D eigenvalue weighted by atomic mass is 16.5. The molecular formula is C13H24N2O2. The molecule has 3 N–H and O–H groups in total. The summed E-state index contributed by atoms with van der Waals surface area (Å²) in [5, 5.41) is 3.15. The summed E-state index contributed by atoms with van der Waals surface area (Å²) in [4.78, 5) is 12.2. The van der Waals surface area contributed by atoms with Crippen LogP contribution in [0.2, 0.25) is 0 Å². The van der Waals surface area contributed by atoms with Crippen LogP contribution < -0.4 is 11.1 Å². The Morgan fingerprint density at radius 1 is 1.29 bits per heavy atom. The molecule has 2 fully saturated rings. The lowest BCUT2D eigenvalue weighted by atomic mass is 9.89. The van der Waals surface area contributed by atoms with Gasteiger partial charge in [0.1, 0.15) is 0 Å². The molecule has 4 heteroatoms. The smallest absolute Gasteiger partial charge is 0.240 e. The van der Waals surface area contributed by atoms with Crippen molar-refractivity contribution in [1.29, 1.82) is 0 Å². The maximum Gasteiger partial charge on any atom is 0.240 e. The second kappa shape index (κ2) is 4.94. The van der Waals surface area contributed by atoms with Crippen LogP contribution in [-0.2, 0) is 9.53 Å². The van der Waals surface area contributed by atoms with E-state index in [9.17, 15) is 4.79 Å². The third kappa shape index (κ3) is 2.63. The van der Waals surface area contributed by atoms with Crippen molar-refractivity contribution in [2.24, 2.45) is 17.6 Å². The Morgan fingerprint density at radius 2 is 1.94 bits per heavy atom. The molecule has 17 heavy (non-hydrogen) atoms. The van der Waals surface area contributed by atoms with E-state index in [2.05, 4.69) is 19.2 Å². The summed E-state index contributed by atoms with van der Waals surface area (Å²) in [7, 11) is 0. The number of rotatable bonds is 2. The standard InChI is InChI=1S/C13H24N2O2/c1-9-3-4-11(10(9)2)15-12(16)13(14)5-7-17-8-6-13/h9-11H,3-8,14H2,1-2H3,(H,15,16). The number of amides is 1. The monoisotopic (exact) mass is 240 g/mol. The largest absolute Gasteiger partial charge is 0.381 e. The summed E-state index contributed by atoms with van der Waals surface area (Å²) in [5.74, 6) is 1.28. The van der Waals surface area contributed by atoms with Gasteiger partial charge in [-0.15, -0.1) is 0 Å². The van der Waals surface area contributed by atoms with Gasteiger partial charge in [-0.1, -0.05) is 13.8 Å². The zero-order chi connectivity index (χ0) is 12.5. The van der Waals surface area contributed by atoms with E-state index in [0.717, 1.165) is 6.42 Å². The normalized spacial score (nSPS) is 36.8. The minimum Gasteiger partial charge on any atom is -0.381 e. The highest BCUT2D eigenvalue weighted by molar-refractivity contribution is 5.86. The lowest BCUT2D eigenvalue weighted by molar-refractivity contribution is -0.130. The molecular weight excluding hydrogens is 216 g/mol. The molecule has 1 aliphatic carbocycles. The van der Waals surface area contributed by atoms with Crippen molar-refractivity contribution in [2.75, 3.05) is 13.2 Å². The molecule has 2 aliphatic rings. The lowest BCUT2D eigenvalue weighted by Crippen LogP contribution is -2.59. The van der Waals surface area contributed by atoms with E-state index in [1.807, 2.05) is 0 Å². The molecule has 3 unspecified atom stereocenters. The molecule has 0 bridgehead atoms. The predicted octanol–water partition coefficient (Wildman–Crippen LogP) is 1.05. The van der Waals surface area contributed by atoms with Crippen molar-refractivity contribution < 1.29 is 9.53 Å². The van der Waals surface area contributed by atoms with Gasteiger partial charge < -0.3 is 15.8 Å². The molecule has 0 aromatic carbocycles. The number of nitrogens with one attached hydrogen (secondary N) is 1. The Morgan fingerprint density at radius 3 is 2.47 bits per heavy atom. The third-order valence-electron chi connectivity index (χ3n) is 4.62. The Labute approximate surface area is 103 Å². The minimum absolute atomic E-state index is 0.0201. The van der Waals surface area contributed by atoms with E-state index in [1.165, 1.54) is 6.42 Å². The fourth-order valence-corrected chi connectivity index (χ4v) is 2.84. The van der Waals surface area contributed by atoms with E-state index >= 15 is 0 Å². The van der Waals surface area contributed by atoms with Crippen LogP contribution in [0.3, 0.4) is 0 Å². The molecule has 2 rings (SSSR count). The number of nitrogens with two attached hydrogens (primary N) is 1. The van der Waals surface area contributed by atoms with Crippen LogP contribution in [0, 0.1) is 11.8 Å². The van der Waals surface area contributed by atoms with Crippen molar-refractivity contribution in [2.45, 2.75) is 51.1 Å². The first-order valence-electron chi connectivity index (χ1n) is 6.70. The quantitative estimate of drug-likeness (QED) is 0.758. The summed E-state index contributed by atoms with van der Waals surface area (Å²) >= 11 is 0. The summed E-state index contributed by atoms with van der Waals surface area (Å²) in [5.41, 5.74) is 5.46. The van der Waals surface area contributed by atoms with Crippen molar-refractivity contribution >= 4 is 5.91 Å². The van der Waals surface area contributed by atoms with Gasteiger partial charge in [0.15, 0.2) is 0 Å². The van der Waals surface area contributed by atoms with Gasteiger partial charge in [0.05, 0.1) is 5.54 Å². The minimum atomic E-state index is -0.705. The van der Waals surface area contributed by atoms with Crippen LogP contribution in [0.4, 0.5) is 0 Å². The van der Waals surface area contributed by atoms with Gasteiger partial charge in [-0.05, 0) is 37.5 Å². The van der Waals surface area contributed by atoms with Gasteiger partial charge in [-0.25, -0.2) is 0 Å². The lowest BCUT2D eigenvalue weighted by Gasteiger charge is -2.33. The molecule has 0 aromatic rings. The molecule has 0 spiro atoms. The summed E-state index contributed by atoms with van der Waals surface area (Å²) in [6.07, 6.45) is 3.55. The highest BCUT2D eigenvalue weighted by Crippen LogP contribution is 2.31. The molecule has 1 saturated heterocycles. The molecule has 0 radical (unpaired) electrons. The Hall–Kier alpha value is -0.610. The fourth-order valence-electron chi connectivity index (χ4n) is 2.84. The van der Waals surface area contributed by atoms with Crippen molar-refractivity contribution in [3.63, 3.8) is 0 Å². The van der Waals surface area contributed by atoms with Gasteiger partial charge >= 0.3 is 0 Å². The molecule has 1 saturated carbocycles. The second-order valence-electron chi connectivity index (χ2n) is 5.76. The molecule has 3 atom stereocenters. The van der Waals surface area contributed by atoms with Crippen LogP contribution in [0.25, 0.3) is 0 Å². The van der Waals surface area contributed by atoms with Gasteiger partial charge in [0.2, 0.25) is 5.91 Å². The molecule has 1 heterocycles. The molecule has 4 nitrogen and oxygen atoms in total. The number of hydrogen-bond acceptors (Lipinski definition) is 3. The van der Waals surface area contributed by atoms with Crippen LogP contribution in [0.15, 0.2) is 0 Å². The molecule has 1 aliphatic heterocycles. The number of carbonyl (C=O) groups excluding carboxylic acids is 1. The zero-order valence-corrected chi connectivity index (χ0v) is 10.9. The zero-order valence-electron chi connectivity index (χ0n) is 10.9. The van der Waals surface area contributed by atoms with E-state index in [1.54, 1.807) is 0 Å². The van der Waals surface area contributed by atoms with E-state index in [-0.39, 0.29) is 5.91 Å². The third-order valence-corrected chi connectivity index (χ3v) is 4.62. The van der Waals surface area contributed by atoms with Crippen molar-refractivity contribution in [3.05, 3.63) is 0 Å². The van der Waals surface area contributed by atoms with Crippen LogP contribution in [0.5, 0.6) is 0 Å². The average molecular weight is 240 g/mol. The first-order valence-corrected chi connectivity index (χ1v) is 6.70. The first-order chi connectivity index (χ1) is 8.03. The predicted molar refractivity (Wildman–Crippen MR) is 66.5 cm³/mol. The van der Waals surface area contributed by atoms with Crippen LogP contribution >= 0.6 is 0 Å². The topological polar surface area (TPSA) is 64.4 Å². The molecule has 98 valence electrons. The summed E-state index contributed by atoms with van der Waals surface area (Å²) < 4.78 is 5.26. The Bertz CT molecular complexity index is 287. The SMILES string of the molecule is CC1CCC(NC(=O)C2(N)CCOCC2)C1C. The van der Waals surface area contributed by atoms with Gasteiger partial charge in [-0.2, -0.15) is 0 Å². The summed E-state index contributed by atoms with van der Waals surface area (Å²) in [6, 6.07) is 0.306. The summed E-state index contributed by atoms with van der Waals surface area (Å²) in [6.45, 7) is 5.67.